The van der Waals surface area contributed by atoms with Crippen molar-refractivity contribution in [2.45, 2.75) is 32.2 Å². The average molecular weight is 175 g/mol. The third kappa shape index (κ3) is 1.61. The van der Waals surface area contributed by atoms with Crippen LogP contribution >= 0.6 is 0 Å². The Bertz CT molecular complexity index is 281. The maximum Gasteiger partial charge on any atom is 0.0268 e. The summed E-state index contributed by atoms with van der Waals surface area (Å²) in [6.45, 7) is 2.07. The third-order valence-corrected chi connectivity index (χ3v) is 2.96. The smallest absolute Gasteiger partial charge is 0.0268 e. The van der Waals surface area contributed by atoms with E-state index in [-0.39, 0.29) is 6.04 Å². The lowest BCUT2D eigenvalue weighted by Gasteiger charge is -2.27. The zero-order chi connectivity index (χ0) is 9.26. The SMILES string of the molecule is CC(N)C1=C2C=CCCC2CC=C1. The first-order valence-electron chi connectivity index (χ1n) is 5.12. The lowest BCUT2D eigenvalue weighted by Crippen LogP contribution is -2.22. The van der Waals surface area contributed by atoms with E-state index in [0.29, 0.717) is 0 Å². The van der Waals surface area contributed by atoms with Gasteiger partial charge in [-0.15, -0.1) is 0 Å². The first-order valence-corrected chi connectivity index (χ1v) is 5.12. The van der Waals surface area contributed by atoms with E-state index in [9.17, 15) is 0 Å². The molecule has 13 heavy (non-hydrogen) atoms. The van der Waals surface area contributed by atoms with Crippen molar-refractivity contribution in [1.29, 1.82) is 0 Å². The molecule has 1 nitrogen and oxygen atoms in total. The summed E-state index contributed by atoms with van der Waals surface area (Å²) in [6, 6.07) is 0.178. The minimum atomic E-state index is 0.178. The van der Waals surface area contributed by atoms with E-state index >= 15 is 0 Å². The molecule has 70 valence electrons. The van der Waals surface area contributed by atoms with Crippen molar-refractivity contribution in [2.75, 3.05) is 0 Å². The van der Waals surface area contributed by atoms with Crippen LogP contribution in [0.3, 0.4) is 0 Å². The summed E-state index contributed by atoms with van der Waals surface area (Å²) in [5.41, 5.74) is 8.76. The number of hydrogen-bond donors (Lipinski definition) is 1. The predicted molar refractivity (Wildman–Crippen MR) is 56.3 cm³/mol. The van der Waals surface area contributed by atoms with E-state index in [0.717, 1.165) is 5.92 Å². The molecular weight excluding hydrogens is 158 g/mol. The van der Waals surface area contributed by atoms with Crippen LogP contribution in [0.5, 0.6) is 0 Å². The van der Waals surface area contributed by atoms with Crippen molar-refractivity contribution in [2.24, 2.45) is 11.7 Å². The Morgan fingerprint density at radius 1 is 1.38 bits per heavy atom. The number of hydrogen-bond acceptors (Lipinski definition) is 1. The van der Waals surface area contributed by atoms with E-state index < -0.39 is 0 Å². The lowest BCUT2D eigenvalue weighted by atomic mass is 9.79. The van der Waals surface area contributed by atoms with Gasteiger partial charge in [0.15, 0.2) is 0 Å². The second-order valence-electron chi connectivity index (χ2n) is 4.01. The Morgan fingerprint density at radius 3 is 3.00 bits per heavy atom. The maximum absolute atomic E-state index is 5.93. The van der Waals surface area contributed by atoms with Crippen LogP contribution in [-0.2, 0) is 0 Å². The Morgan fingerprint density at radius 2 is 2.23 bits per heavy atom. The maximum atomic E-state index is 5.93. The van der Waals surface area contributed by atoms with Crippen LogP contribution < -0.4 is 5.73 Å². The minimum absolute atomic E-state index is 0.178. The summed E-state index contributed by atoms with van der Waals surface area (Å²) in [6.07, 6.45) is 12.7. The first-order chi connectivity index (χ1) is 6.29. The van der Waals surface area contributed by atoms with Crippen LogP contribution in [0.15, 0.2) is 35.5 Å². The highest BCUT2D eigenvalue weighted by Crippen LogP contribution is 2.34. The molecule has 0 heterocycles. The normalized spacial score (nSPS) is 28.9. The topological polar surface area (TPSA) is 26.0 Å². The Balaban J connectivity index is 2.38. The Labute approximate surface area is 80.0 Å². The summed E-state index contributed by atoms with van der Waals surface area (Å²) < 4.78 is 0. The zero-order valence-corrected chi connectivity index (χ0v) is 8.16. The van der Waals surface area contributed by atoms with Gasteiger partial charge in [-0.1, -0.05) is 24.3 Å². The largest absolute Gasteiger partial charge is 0.324 e. The molecule has 2 atom stereocenters. The van der Waals surface area contributed by atoms with Gasteiger partial charge < -0.3 is 5.73 Å². The van der Waals surface area contributed by atoms with Crippen molar-refractivity contribution < 1.29 is 0 Å². The van der Waals surface area contributed by atoms with Crippen LogP contribution in [0.4, 0.5) is 0 Å². The highest BCUT2D eigenvalue weighted by molar-refractivity contribution is 5.42. The molecule has 2 N–H and O–H groups in total. The molecule has 0 aromatic heterocycles. The van der Waals surface area contributed by atoms with Gasteiger partial charge in [-0.2, -0.15) is 0 Å². The van der Waals surface area contributed by atoms with Gasteiger partial charge in [0.25, 0.3) is 0 Å². The van der Waals surface area contributed by atoms with E-state index in [4.69, 9.17) is 5.73 Å². The first kappa shape index (κ1) is 8.76. The van der Waals surface area contributed by atoms with Gasteiger partial charge in [-0.25, -0.2) is 0 Å². The molecule has 0 aromatic rings. The van der Waals surface area contributed by atoms with Crippen LogP contribution in [-0.4, -0.2) is 6.04 Å². The molecular formula is C12H17N. The minimum Gasteiger partial charge on any atom is -0.324 e. The predicted octanol–water partition coefficient (Wildman–Crippen LogP) is 2.56. The van der Waals surface area contributed by atoms with Crippen molar-refractivity contribution >= 4 is 0 Å². The molecule has 0 spiro atoms. The van der Waals surface area contributed by atoms with Crippen molar-refractivity contribution in [3.63, 3.8) is 0 Å². The van der Waals surface area contributed by atoms with Crippen LogP contribution in [0.25, 0.3) is 0 Å². The van der Waals surface area contributed by atoms with Crippen LogP contribution in [0, 0.1) is 5.92 Å². The second kappa shape index (κ2) is 3.51. The summed E-state index contributed by atoms with van der Waals surface area (Å²) >= 11 is 0. The number of allylic oxidation sites excluding steroid dienone is 4. The molecule has 0 fully saturated rings. The highest BCUT2D eigenvalue weighted by atomic mass is 14.6. The van der Waals surface area contributed by atoms with Gasteiger partial charge in [0.1, 0.15) is 0 Å². The molecule has 0 saturated heterocycles. The van der Waals surface area contributed by atoms with Gasteiger partial charge in [0, 0.05) is 6.04 Å². The van der Waals surface area contributed by atoms with Crippen molar-refractivity contribution in [3.05, 3.63) is 35.5 Å². The Hall–Kier alpha value is -0.820. The van der Waals surface area contributed by atoms with E-state index in [1.165, 1.54) is 30.4 Å². The van der Waals surface area contributed by atoms with E-state index in [2.05, 4.69) is 31.2 Å². The highest BCUT2D eigenvalue weighted by Gasteiger charge is 2.20. The molecule has 2 aliphatic rings. The quantitative estimate of drug-likeness (QED) is 0.651. The van der Waals surface area contributed by atoms with Crippen molar-refractivity contribution in [1.82, 2.24) is 0 Å². The summed E-state index contributed by atoms with van der Waals surface area (Å²) in [5, 5.41) is 0. The number of fused-ring (bicyclic) bond motifs is 1. The standard InChI is InChI=1S/C12H17N/c1-9(13)11-8-4-6-10-5-2-3-7-12(10)11/h3-4,7-10H,2,5-6,13H2,1H3. The van der Waals surface area contributed by atoms with Gasteiger partial charge in [0.2, 0.25) is 0 Å². The van der Waals surface area contributed by atoms with Crippen LogP contribution in [0.1, 0.15) is 26.2 Å². The Kier molecular flexibility index (Phi) is 2.36. The van der Waals surface area contributed by atoms with Gasteiger partial charge in [-0.3, -0.25) is 0 Å². The number of nitrogens with two attached hydrogens (primary N) is 1. The molecule has 1 heteroatoms. The van der Waals surface area contributed by atoms with Crippen molar-refractivity contribution in [3.8, 4) is 0 Å². The molecule has 0 aromatic carbocycles. The van der Waals surface area contributed by atoms with Gasteiger partial charge in [0.05, 0.1) is 0 Å². The second-order valence-corrected chi connectivity index (χ2v) is 4.01. The van der Waals surface area contributed by atoms with Gasteiger partial charge >= 0.3 is 0 Å². The molecule has 0 saturated carbocycles. The molecule has 0 aliphatic heterocycles. The molecule has 2 unspecified atom stereocenters. The average Bonchev–Trinajstić information content (AvgIpc) is 2.17. The monoisotopic (exact) mass is 175 g/mol. The zero-order valence-electron chi connectivity index (χ0n) is 8.16. The van der Waals surface area contributed by atoms with E-state index in [1.54, 1.807) is 0 Å². The van der Waals surface area contributed by atoms with E-state index in [1.807, 2.05) is 0 Å². The molecule has 0 radical (unpaired) electrons. The summed E-state index contributed by atoms with van der Waals surface area (Å²) in [5.74, 6) is 0.746. The molecule has 2 aliphatic carbocycles. The van der Waals surface area contributed by atoms with Gasteiger partial charge in [-0.05, 0) is 43.3 Å². The molecule has 0 bridgehead atoms. The molecule has 0 amide bonds. The summed E-state index contributed by atoms with van der Waals surface area (Å²) in [7, 11) is 0. The lowest BCUT2D eigenvalue weighted by molar-refractivity contribution is 0.554. The van der Waals surface area contributed by atoms with Crippen LogP contribution in [0.2, 0.25) is 0 Å². The third-order valence-electron chi connectivity index (χ3n) is 2.96. The fraction of sp³-hybridized carbons (Fsp3) is 0.500. The summed E-state index contributed by atoms with van der Waals surface area (Å²) in [4.78, 5) is 0. The fourth-order valence-electron chi connectivity index (χ4n) is 2.25. The number of rotatable bonds is 1. The molecule has 2 rings (SSSR count). The fourth-order valence-corrected chi connectivity index (χ4v) is 2.25.